The van der Waals surface area contributed by atoms with Crippen molar-refractivity contribution in [2.45, 2.75) is 6.54 Å². The third-order valence-corrected chi connectivity index (χ3v) is 2.48. The van der Waals surface area contributed by atoms with Crippen molar-refractivity contribution in [3.05, 3.63) is 34.9 Å². The molecule has 1 rings (SSSR count). The zero-order valence-corrected chi connectivity index (χ0v) is 9.49. The summed E-state index contributed by atoms with van der Waals surface area (Å²) in [5, 5.41) is 3.53. The van der Waals surface area contributed by atoms with Crippen LogP contribution in [0.25, 0.3) is 0 Å². The average Bonchev–Trinajstić information content (AvgIpc) is 2.17. The van der Waals surface area contributed by atoms with Crippen molar-refractivity contribution in [3.8, 4) is 0 Å². The second-order valence-electron chi connectivity index (χ2n) is 2.84. The Morgan fingerprint density at radius 1 is 1.43 bits per heavy atom. The molecule has 0 aromatic heterocycles. The summed E-state index contributed by atoms with van der Waals surface area (Å²) < 4.78 is 0. The number of halogens is 1. The first kappa shape index (κ1) is 11.4. The SMILES string of the molecule is CSCC(=O)NCc1ccc(Cl)cc1. The molecule has 0 aliphatic rings. The Kier molecular flexibility index (Phi) is 4.84. The molecule has 1 amide bonds. The first-order chi connectivity index (χ1) is 6.72. The van der Waals surface area contributed by atoms with Crippen LogP contribution in [0.3, 0.4) is 0 Å². The lowest BCUT2D eigenvalue weighted by atomic mass is 10.2. The summed E-state index contributed by atoms with van der Waals surface area (Å²) in [7, 11) is 0. The monoisotopic (exact) mass is 229 g/mol. The number of nitrogens with one attached hydrogen (secondary N) is 1. The van der Waals surface area contributed by atoms with E-state index in [-0.39, 0.29) is 5.91 Å². The molecule has 1 aromatic carbocycles. The summed E-state index contributed by atoms with van der Waals surface area (Å²) in [5.41, 5.74) is 1.06. The molecule has 14 heavy (non-hydrogen) atoms. The Hall–Kier alpha value is -0.670. The Morgan fingerprint density at radius 2 is 2.07 bits per heavy atom. The lowest BCUT2D eigenvalue weighted by molar-refractivity contribution is -0.118. The molecule has 0 spiro atoms. The molecular weight excluding hydrogens is 218 g/mol. The summed E-state index contributed by atoms with van der Waals surface area (Å²) in [6, 6.07) is 7.44. The number of carbonyl (C=O) groups excluding carboxylic acids is 1. The van der Waals surface area contributed by atoms with Crippen LogP contribution in [0, 0.1) is 0 Å². The van der Waals surface area contributed by atoms with Crippen LogP contribution >= 0.6 is 23.4 Å². The molecule has 1 aromatic rings. The van der Waals surface area contributed by atoms with Crippen LogP contribution in [-0.4, -0.2) is 17.9 Å². The van der Waals surface area contributed by atoms with Crippen LogP contribution in [0.15, 0.2) is 24.3 Å². The van der Waals surface area contributed by atoms with Gasteiger partial charge in [0.1, 0.15) is 0 Å². The van der Waals surface area contributed by atoms with Crippen LogP contribution in [0.4, 0.5) is 0 Å². The maximum absolute atomic E-state index is 11.1. The third kappa shape index (κ3) is 4.03. The maximum atomic E-state index is 11.1. The van der Waals surface area contributed by atoms with Crippen molar-refractivity contribution >= 4 is 29.3 Å². The van der Waals surface area contributed by atoms with Gasteiger partial charge in [-0.15, -0.1) is 0 Å². The van der Waals surface area contributed by atoms with E-state index in [1.54, 1.807) is 0 Å². The Balaban J connectivity index is 2.38. The highest BCUT2D eigenvalue weighted by Crippen LogP contribution is 2.09. The fourth-order valence-corrected chi connectivity index (χ4v) is 1.48. The molecule has 1 N–H and O–H groups in total. The summed E-state index contributed by atoms with van der Waals surface area (Å²) >= 11 is 7.25. The molecule has 0 saturated heterocycles. The van der Waals surface area contributed by atoms with Crippen LogP contribution in [-0.2, 0) is 11.3 Å². The van der Waals surface area contributed by atoms with Gasteiger partial charge in [0.2, 0.25) is 5.91 Å². The number of hydrogen-bond donors (Lipinski definition) is 1. The van der Waals surface area contributed by atoms with Crippen molar-refractivity contribution in [3.63, 3.8) is 0 Å². The number of amides is 1. The van der Waals surface area contributed by atoms with Gasteiger partial charge in [0.05, 0.1) is 5.75 Å². The van der Waals surface area contributed by atoms with E-state index in [1.165, 1.54) is 11.8 Å². The molecule has 0 atom stereocenters. The van der Waals surface area contributed by atoms with E-state index in [0.29, 0.717) is 17.3 Å². The number of benzene rings is 1. The van der Waals surface area contributed by atoms with E-state index in [2.05, 4.69) is 5.32 Å². The molecule has 0 saturated carbocycles. The molecule has 0 radical (unpaired) electrons. The van der Waals surface area contributed by atoms with Gasteiger partial charge < -0.3 is 5.32 Å². The highest BCUT2D eigenvalue weighted by atomic mass is 35.5. The van der Waals surface area contributed by atoms with Crippen LogP contribution in [0.5, 0.6) is 0 Å². The third-order valence-electron chi connectivity index (χ3n) is 1.68. The van der Waals surface area contributed by atoms with E-state index in [9.17, 15) is 4.79 Å². The first-order valence-electron chi connectivity index (χ1n) is 4.22. The van der Waals surface area contributed by atoms with Gasteiger partial charge in [-0.2, -0.15) is 11.8 Å². The van der Waals surface area contributed by atoms with E-state index in [0.717, 1.165) is 5.56 Å². The van der Waals surface area contributed by atoms with Gasteiger partial charge in [0, 0.05) is 11.6 Å². The minimum absolute atomic E-state index is 0.0625. The minimum atomic E-state index is 0.0625. The number of thioether (sulfide) groups is 1. The Bertz CT molecular complexity index is 299. The summed E-state index contributed by atoms with van der Waals surface area (Å²) in [6.45, 7) is 0.566. The fraction of sp³-hybridized carbons (Fsp3) is 0.300. The van der Waals surface area contributed by atoms with E-state index < -0.39 is 0 Å². The number of carbonyl (C=O) groups is 1. The van der Waals surface area contributed by atoms with Gasteiger partial charge in [0.25, 0.3) is 0 Å². The molecule has 0 unspecified atom stereocenters. The largest absolute Gasteiger partial charge is 0.351 e. The topological polar surface area (TPSA) is 29.1 Å². The molecule has 0 aliphatic heterocycles. The van der Waals surface area contributed by atoms with E-state index in [4.69, 9.17) is 11.6 Å². The molecule has 76 valence electrons. The smallest absolute Gasteiger partial charge is 0.230 e. The van der Waals surface area contributed by atoms with Gasteiger partial charge in [-0.3, -0.25) is 4.79 Å². The van der Waals surface area contributed by atoms with Gasteiger partial charge in [0.15, 0.2) is 0 Å². The second kappa shape index (κ2) is 5.94. The molecule has 4 heteroatoms. The minimum Gasteiger partial charge on any atom is -0.351 e. The zero-order valence-electron chi connectivity index (χ0n) is 7.92. The lowest BCUT2D eigenvalue weighted by Crippen LogP contribution is -2.24. The molecular formula is C10H12ClNOS. The Labute approximate surface area is 93.0 Å². The molecule has 0 heterocycles. The second-order valence-corrected chi connectivity index (χ2v) is 4.14. The predicted octanol–water partition coefficient (Wildman–Crippen LogP) is 2.32. The molecule has 0 bridgehead atoms. The summed E-state index contributed by atoms with van der Waals surface area (Å²) in [4.78, 5) is 11.1. The van der Waals surface area contributed by atoms with Crippen LogP contribution < -0.4 is 5.32 Å². The standard InChI is InChI=1S/C10H12ClNOS/c1-14-7-10(13)12-6-8-2-4-9(11)5-3-8/h2-5H,6-7H2,1H3,(H,12,13). The van der Waals surface area contributed by atoms with Gasteiger partial charge in [-0.1, -0.05) is 23.7 Å². The molecule has 2 nitrogen and oxygen atoms in total. The number of hydrogen-bond acceptors (Lipinski definition) is 2. The zero-order chi connectivity index (χ0) is 10.4. The molecule has 0 aliphatic carbocycles. The van der Waals surface area contributed by atoms with Crippen LogP contribution in [0.2, 0.25) is 5.02 Å². The van der Waals surface area contributed by atoms with E-state index in [1.807, 2.05) is 30.5 Å². The van der Waals surface area contributed by atoms with Crippen molar-refractivity contribution in [1.82, 2.24) is 5.32 Å². The van der Waals surface area contributed by atoms with Crippen molar-refractivity contribution in [2.75, 3.05) is 12.0 Å². The normalized spacial score (nSPS) is 9.86. The van der Waals surface area contributed by atoms with Crippen molar-refractivity contribution < 1.29 is 4.79 Å². The van der Waals surface area contributed by atoms with Crippen molar-refractivity contribution in [2.24, 2.45) is 0 Å². The molecule has 0 fully saturated rings. The lowest BCUT2D eigenvalue weighted by Gasteiger charge is -2.03. The van der Waals surface area contributed by atoms with Gasteiger partial charge >= 0.3 is 0 Å². The first-order valence-corrected chi connectivity index (χ1v) is 5.99. The van der Waals surface area contributed by atoms with Crippen molar-refractivity contribution in [1.29, 1.82) is 0 Å². The Morgan fingerprint density at radius 3 is 2.64 bits per heavy atom. The summed E-state index contributed by atoms with van der Waals surface area (Å²) in [5.74, 6) is 0.570. The van der Waals surface area contributed by atoms with Gasteiger partial charge in [-0.25, -0.2) is 0 Å². The summed E-state index contributed by atoms with van der Waals surface area (Å²) in [6.07, 6.45) is 1.90. The quantitative estimate of drug-likeness (QED) is 0.859. The predicted molar refractivity (Wildman–Crippen MR) is 61.7 cm³/mol. The fourth-order valence-electron chi connectivity index (χ4n) is 0.985. The number of rotatable bonds is 4. The van der Waals surface area contributed by atoms with Crippen LogP contribution in [0.1, 0.15) is 5.56 Å². The highest BCUT2D eigenvalue weighted by molar-refractivity contribution is 7.99. The maximum Gasteiger partial charge on any atom is 0.230 e. The highest BCUT2D eigenvalue weighted by Gasteiger charge is 1.99. The van der Waals surface area contributed by atoms with E-state index >= 15 is 0 Å². The van der Waals surface area contributed by atoms with Gasteiger partial charge in [-0.05, 0) is 24.0 Å². The average molecular weight is 230 g/mol.